The Morgan fingerprint density at radius 2 is 2.13 bits per heavy atom. The Labute approximate surface area is 91.1 Å². The maximum absolute atomic E-state index is 5.12. The van der Waals surface area contributed by atoms with Crippen LogP contribution in [0.2, 0.25) is 0 Å². The molecule has 15 heavy (non-hydrogen) atoms. The van der Waals surface area contributed by atoms with Crippen LogP contribution in [0.3, 0.4) is 0 Å². The lowest BCUT2D eigenvalue weighted by Crippen LogP contribution is -2.08. The summed E-state index contributed by atoms with van der Waals surface area (Å²) in [6.07, 6.45) is 2.65. The van der Waals surface area contributed by atoms with E-state index in [-0.39, 0.29) is 0 Å². The van der Waals surface area contributed by atoms with Gasteiger partial charge in [0.1, 0.15) is 12.1 Å². The first kappa shape index (κ1) is 11.8. The molecule has 84 valence electrons. The Morgan fingerprint density at radius 1 is 1.40 bits per heavy atom. The summed E-state index contributed by atoms with van der Waals surface area (Å²) in [6, 6.07) is 0. The van der Waals surface area contributed by atoms with Crippen molar-refractivity contribution in [3.8, 4) is 5.88 Å². The van der Waals surface area contributed by atoms with E-state index in [2.05, 4.69) is 29.1 Å². The molecule has 0 aliphatic heterocycles. The van der Waals surface area contributed by atoms with E-state index >= 15 is 0 Å². The second-order valence-corrected chi connectivity index (χ2v) is 3.97. The lowest BCUT2D eigenvalue weighted by molar-refractivity contribution is 0.393. The third-order valence-electron chi connectivity index (χ3n) is 2.25. The molecule has 0 saturated carbocycles. The van der Waals surface area contributed by atoms with Crippen LogP contribution in [0, 0.1) is 12.8 Å². The van der Waals surface area contributed by atoms with Crippen molar-refractivity contribution >= 4 is 5.82 Å². The minimum absolute atomic E-state index is 0.636. The van der Waals surface area contributed by atoms with Crippen molar-refractivity contribution in [1.82, 2.24) is 9.97 Å². The summed E-state index contributed by atoms with van der Waals surface area (Å²) in [5.74, 6) is 2.20. The average Bonchev–Trinajstić information content (AvgIpc) is 2.20. The van der Waals surface area contributed by atoms with E-state index in [1.807, 2.05) is 6.92 Å². The molecule has 0 atom stereocenters. The van der Waals surface area contributed by atoms with Crippen LogP contribution in [0.25, 0.3) is 0 Å². The van der Waals surface area contributed by atoms with Crippen molar-refractivity contribution in [2.24, 2.45) is 5.92 Å². The van der Waals surface area contributed by atoms with Crippen molar-refractivity contribution in [2.75, 3.05) is 19.0 Å². The summed E-state index contributed by atoms with van der Waals surface area (Å²) in [7, 11) is 1.62. The second kappa shape index (κ2) is 5.53. The predicted octanol–water partition coefficient (Wildman–Crippen LogP) is 2.25. The van der Waals surface area contributed by atoms with Crippen LogP contribution >= 0.6 is 0 Å². The molecule has 1 rings (SSSR count). The van der Waals surface area contributed by atoms with Crippen molar-refractivity contribution in [3.05, 3.63) is 11.9 Å². The molecule has 1 aromatic heterocycles. The Bertz CT molecular complexity index is 313. The molecule has 1 aromatic rings. The molecule has 1 N–H and O–H groups in total. The summed E-state index contributed by atoms with van der Waals surface area (Å²) in [5, 5.41) is 3.29. The third-order valence-corrected chi connectivity index (χ3v) is 2.25. The van der Waals surface area contributed by atoms with Crippen LogP contribution in [0.1, 0.15) is 25.8 Å². The molecule has 0 amide bonds. The van der Waals surface area contributed by atoms with E-state index in [1.165, 1.54) is 6.33 Å². The quantitative estimate of drug-likeness (QED) is 0.808. The van der Waals surface area contributed by atoms with E-state index in [0.29, 0.717) is 11.8 Å². The number of nitrogens with one attached hydrogen (secondary N) is 1. The molecular weight excluding hydrogens is 190 g/mol. The van der Waals surface area contributed by atoms with Crippen LogP contribution in [-0.2, 0) is 0 Å². The highest BCUT2D eigenvalue weighted by Crippen LogP contribution is 2.19. The molecular formula is C11H19N3O. The topological polar surface area (TPSA) is 47.0 Å². The van der Waals surface area contributed by atoms with E-state index in [9.17, 15) is 0 Å². The number of ether oxygens (including phenoxy) is 1. The van der Waals surface area contributed by atoms with E-state index < -0.39 is 0 Å². The summed E-state index contributed by atoms with van der Waals surface area (Å²) < 4.78 is 5.12. The van der Waals surface area contributed by atoms with Gasteiger partial charge in [0.15, 0.2) is 0 Å². The molecule has 0 aliphatic rings. The zero-order valence-electron chi connectivity index (χ0n) is 9.87. The fourth-order valence-corrected chi connectivity index (χ4v) is 1.30. The van der Waals surface area contributed by atoms with Gasteiger partial charge < -0.3 is 10.1 Å². The van der Waals surface area contributed by atoms with Gasteiger partial charge in [0, 0.05) is 6.54 Å². The first-order chi connectivity index (χ1) is 7.15. The number of methoxy groups -OCH3 is 1. The fraction of sp³-hybridized carbons (Fsp3) is 0.636. The fourth-order valence-electron chi connectivity index (χ4n) is 1.30. The van der Waals surface area contributed by atoms with Gasteiger partial charge in [0.2, 0.25) is 5.88 Å². The number of hydrogen-bond acceptors (Lipinski definition) is 4. The number of nitrogens with zero attached hydrogens (tertiary/aromatic N) is 2. The molecule has 4 heteroatoms. The largest absolute Gasteiger partial charge is 0.481 e. The first-order valence-electron chi connectivity index (χ1n) is 5.24. The summed E-state index contributed by atoms with van der Waals surface area (Å²) in [6.45, 7) is 7.29. The van der Waals surface area contributed by atoms with Gasteiger partial charge in [0.05, 0.1) is 12.7 Å². The van der Waals surface area contributed by atoms with E-state index in [4.69, 9.17) is 4.74 Å². The predicted molar refractivity (Wildman–Crippen MR) is 61.3 cm³/mol. The number of anilines is 1. The highest BCUT2D eigenvalue weighted by Gasteiger charge is 2.06. The minimum Gasteiger partial charge on any atom is -0.481 e. The standard InChI is InChI=1S/C11H19N3O/c1-8(2)5-6-12-10-9(3)11(15-4)14-7-13-10/h7-8H,5-6H2,1-4H3,(H,12,13,14). The Balaban J connectivity index is 2.61. The SMILES string of the molecule is COc1ncnc(NCCC(C)C)c1C. The molecule has 0 fully saturated rings. The van der Waals surface area contributed by atoms with Crippen molar-refractivity contribution in [1.29, 1.82) is 0 Å². The molecule has 4 nitrogen and oxygen atoms in total. The van der Waals surface area contributed by atoms with Gasteiger partial charge in [0.25, 0.3) is 0 Å². The van der Waals surface area contributed by atoms with Crippen LogP contribution in [0.5, 0.6) is 5.88 Å². The van der Waals surface area contributed by atoms with E-state index in [0.717, 1.165) is 24.3 Å². The van der Waals surface area contributed by atoms with Crippen LogP contribution in [0.4, 0.5) is 5.82 Å². The molecule has 0 saturated heterocycles. The van der Waals surface area contributed by atoms with Crippen molar-refractivity contribution in [3.63, 3.8) is 0 Å². The maximum Gasteiger partial charge on any atom is 0.221 e. The monoisotopic (exact) mass is 209 g/mol. The van der Waals surface area contributed by atoms with Gasteiger partial charge in [-0.2, -0.15) is 0 Å². The smallest absolute Gasteiger partial charge is 0.221 e. The van der Waals surface area contributed by atoms with Gasteiger partial charge >= 0.3 is 0 Å². The number of hydrogen-bond donors (Lipinski definition) is 1. The Morgan fingerprint density at radius 3 is 2.73 bits per heavy atom. The summed E-state index contributed by atoms with van der Waals surface area (Å²) in [4.78, 5) is 8.21. The highest BCUT2D eigenvalue weighted by atomic mass is 16.5. The van der Waals surface area contributed by atoms with Crippen molar-refractivity contribution in [2.45, 2.75) is 27.2 Å². The Hall–Kier alpha value is -1.32. The molecule has 0 spiro atoms. The van der Waals surface area contributed by atoms with Gasteiger partial charge in [-0.25, -0.2) is 9.97 Å². The number of rotatable bonds is 5. The molecule has 0 bridgehead atoms. The zero-order valence-corrected chi connectivity index (χ0v) is 9.87. The van der Waals surface area contributed by atoms with Gasteiger partial charge in [-0.1, -0.05) is 13.8 Å². The lowest BCUT2D eigenvalue weighted by atomic mass is 10.1. The molecule has 0 unspecified atom stereocenters. The normalized spacial score (nSPS) is 10.5. The molecule has 0 radical (unpaired) electrons. The van der Waals surface area contributed by atoms with Crippen molar-refractivity contribution < 1.29 is 4.74 Å². The van der Waals surface area contributed by atoms with Crippen LogP contribution in [-0.4, -0.2) is 23.6 Å². The Kier molecular flexibility index (Phi) is 4.34. The number of aromatic nitrogens is 2. The van der Waals surface area contributed by atoms with E-state index in [1.54, 1.807) is 7.11 Å². The van der Waals surface area contributed by atoms with Crippen LogP contribution < -0.4 is 10.1 Å². The maximum atomic E-state index is 5.12. The minimum atomic E-state index is 0.636. The lowest BCUT2D eigenvalue weighted by Gasteiger charge is -2.11. The summed E-state index contributed by atoms with van der Waals surface area (Å²) in [5.41, 5.74) is 0.962. The first-order valence-corrected chi connectivity index (χ1v) is 5.24. The average molecular weight is 209 g/mol. The molecule has 0 aromatic carbocycles. The van der Waals surface area contributed by atoms with Gasteiger partial charge in [-0.05, 0) is 19.3 Å². The third kappa shape index (κ3) is 3.38. The molecule has 0 aliphatic carbocycles. The molecule has 1 heterocycles. The zero-order chi connectivity index (χ0) is 11.3. The second-order valence-electron chi connectivity index (χ2n) is 3.97. The summed E-state index contributed by atoms with van der Waals surface area (Å²) >= 11 is 0. The van der Waals surface area contributed by atoms with Crippen LogP contribution in [0.15, 0.2) is 6.33 Å². The van der Waals surface area contributed by atoms with Gasteiger partial charge in [-0.3, -0.25) is 0 Å². The highest BCUT2D eigenvalue weighted by molar-refractivity contribution is 5.47. The van der Waals surface area contributed by atoms with Gasteiger partial charge in [-0.15, -0.1) is 0 Å².